The summed E-state index contributed by atoms with van der Waals surface area (Å²) in [6.45, 7) is 1.27. The molecule has 2 rings (SSSR count). The normalized spacial score (nSPS) is 16.0. The summed E-state index contributed by atoms with van der Waals surface area (Å²) in [6, 6.07) is 5.90. The molecule has 116 valence electrons. The summed E-state index contributed by atoms with van der Waals surface area (Å²) in [6.07, 6.45) is 0.399. The van der Waals surface area contributed by atoms with E-state index < -0.39 is 0 Å². The van der Waals surface area contributed by atoms with E-state index in [2.05, 4.69) is 4.74 Å². The highest BCUT2D eigenvalue weighted by atomic mass is 32.2. The van der Waals surface area contributed by atoms with Crippen LogP contribution in [-0.2, 0) is 19.0 Å². The molecule has 1 aliphatic heterocycles. The minimum absolute atomic E-state index is 0.117. The van der Waals surface area contributed by atoms with E-state index in [1.807, 2.05) is 18.2 Å². The summed E-state index contributed by atoms with van der Waals surface area (Å²) in [5, 5.41) is 0. The molecule has 1 aromatic rings. The molecule has 1 fully saturated rings. The van der Waals surface area contributed by atoms with Gasteiger partial charge in [-0.25, -0.2) is 0 Å². The van der Waals surface area contributed by atoms with Gasteiger partial charge in [-0.1, -0.05) is 6.07 Å². The van der Waals surface area contributed by atoms with E-state index in [1.165, 1.54) is 7.11 Å². The number of esters is 1. The molecule has 0 N–H and O–H groups in total. The van der Waals surface area contributed by atoms with Gasteiger partial charge in [0, 0.05) is 5.75 Å². The van der Waals surface area contributed by atoms with Crippen LogP contribution in [0, 0.1) is 0 Å². The van der Waals surface area contributed by atoms with Crippen LogP contribution in [-0.4, -0.2) is 46.3 Å². The number of hydrogen-bond donors (Lipinski definition) is 0. The molecule has 5 nitrogen and oxygen atoms in total. The van der Waals surface area contributed by atoms with Crippen LogP contribution in [0.3, 0.4) is 0 Å². The third-order valence-corrected chi connectivity index (χ3v) is 4.92. The van der Waals surface area contributed by atoms with Crippen molar-refractivity contribution in [2.45, 2.75) is 11.2 Å². The van der Waals surface area contributed by atoms with E-state index in [1.54, 1.807) is 26.0 Å². The Hall–Kier alpha value is -1.40. The zero-order valence-corrected chi connectivity index (χ0v) is 13.3. The summed E-state index contributed by atoms with van der Waals surface area (Å²) in [5.41, 5.74) is 1.13. The van der Waals surface area contributed by atoms with E-state index >= 15 is 0 Å². The van der Waals surface area contributed by atoms with Crippen LogP contribution < -0.4 is 9.47 Å². The summed E-state index contributed by atoms with van der Waals surface area (Å²) >= 11 is 1.72. The van der Waals surface area contributed by atoms with Crippen molar-refractivity contribution in [1.29, 1.82) is 0 Å². The SMILES string of the molecule is COC(=O)CCSC1(c2ccc(OC)c(OC)c2)COC1. The second-order valence-electron chi connectivity index (χ2n) is 4.73. The van der Waals surface area contributed by atoms with Gasteiger partial charge in [-0.15, -0.1) is 11.8 Å². The minimum atomic E-state index is -0.190. The van der Waals surface area contributed by atoms with Crippen LogP contribution in [0.2, 0.25) is 0 Å². The van der Waals surface area contributed by atoms with Crippen molar-refractivity contribution in [3.63, 3.8) is 0 Å². The molecule has 0 unspecified atom stereocenters. The summed E-state index contributed by atoms with van der Waals surface area (Å²) in [7, 11) is 4.64. The van der Waals surface area contributed by atoms with Crippen molar-refractivity contribution in [3.8, 4) is 11.5 Å². The van der Waals surface area contributed by atoms with Gasteiger partial charge >= 0.3 is 5.97 Å². The Morgan fingerprint density at radius 1 is 1.24 bits per heavy atom. The van der Waals surface area contributed by atoms with Crippen molar-refractivity contribution in [3.05, 3.63) is 23.8 Å². The van der Waals surface area contributed by atoms with Crippen molar-refractivity contribution in [2.24, 2.45) is 0 Å². The summed E-state index contributed by atoms with van der Waals surface area (Å²) in [4.78, 5) is 11.2. The van der Waals surface area contributed by atoms with Crippen LogP contribution >= 0.6 is 11.8 Å². The molecular formula is C15H20O5S. The number of hydrogen-bond acceptors (Lipinski definition) is 6. The van der Waals surface area contributed by atoms with Gasteiger partial charge < -0.3 is 18.9 Å². The number of ether oxygens (including phenoxy) is 4. The van der Waals surface area contributed by atoms with E-state index in [4.69, 9.17) is 14.2 Å². The Kier molecular flexibility index (Phi) is 5.36. The quantitative estimate of drug-likeness (QED) is 0.720. The second-order valence-corrected chi connectivity index (χ2v) is 6.21. The molecule has 0 spiro atoms. The lowest BCUT2D eigenvalue weighted by atomic mass is 9.96. The zero-order valence-electron chi connectivity index (χ0n) is 12.5. The standard InChI is InChI=1S/C15H20O5S/c1-17-12-5-4-11(8-13(12)18-2)15(9-20-10-15)21-7-6-14(16)19-3/h4-5,8H,6-7,9-10H2,1-3H3. The maximum absolute atomic E-state index is 11.2. The summed E-state index contributed by atoms with van der Waals surface area (Å²) in [5.74, 6) is 1.92. The molecular weight excluding hydrogens is 292 g/mol. The largest absolute Gasteiger partial charge is 0.493 e. The van der Waals surface area contributed by atoms with Crippen molar-refractivity contribution in [2.75, 3.05) is 40.3 Å². The molecule has 0 radical (unpaired) electrons. The number of carbonyl (C=O) groups excluding carboxylic acids is 1. The summed E-state index contributed by atoms with van der Waals surface area (Å²) < 4.78 is 20.6. The number of methoxy groups -OCH3 is 3. The molecule has 1 saturated heterocycles. The molecule has 1 heterocycles. The van der Waals surface area contributed by atoms with Gasteiger partial charge in [0.15, 0.2) is 11.5 Å². The Bertz CT molecular complexity index is 499. The van der Waals surface area contributed by atoms with Crippen molar-refractivity contribution >= 4 is 17.7 Å². The first-order valence-corrected chi connectivity index (χ1v) is 7.65. The topological polar surface area (TPSA) is 54.0 Å². The van der Waals surface area contributed by atoms with Crippen molar-refractivity contribution < 1.29 is 23.7 Å². The van der Waals surface area contributed by atoms with E-state index in [0.29, 0.717) is 36.9 Å². The number of thioether (sulfide) groups is 1. The van der Waals surface area contributed by atoms with Crippen LogP contribution in [0.1, 0.15) is 12.0 Å². The third-order valence-electron chi connectivity index (χ3n) is 3.49. The average Bonchev–Trinajstić information content (AvgIpc) is 2.48. The number of rotatable bonds is 7. The molecule has 1 aliphatic rings. The Balaban J connectivity index is 2.11. The Labute approximate surface area is 128 Å². The highest BCUT2D eigenvalue weighted by molar-refractivity contribution is 8.00. The van der Waals surface area contributed by atoms with Gasteiger partial charge in [0.2, 0.25) is 0 Å². The molecule has 0 saturated carbocycles. The third kappa shape index (κ3) is 3.44. The Morgan fingerprint density at radius 3 is 2.48 bits per heavy atom. The van der Waals surface area contributed by atoms with Crippen molar-refractivity contribution in [1.82, 2.24) is 0 Å². The Morgan fingerprint density at radius 2 is 1.95 bits per heavy atom. The zero-order chi connectivity index (χ0) is 15.3. The first kappa shape index (κ1) is 16.0. The maximum atomic E-state index is 11.2. The molecule has 0 aliphatic carbocycles. The van der Waals surface area contributed by atoms with Gasteiger partial charge in [0.1, 0.15) is 0 Å². The van der Waals surface area contributed by atoms with Gasteiger partial charge in [0.25, 0.3) is 0 Å². The highest BCUT2D eigenvalue weighted by Gasteiger charge is 2.41. The monoisotopic (exact) mass is 312 g/mol. The van der Waals surface area contributed by atoms with E-state index in [9.17, 15) is 4.79 Å². The van der Waals surface area contributed by atoms with Gasteiger partial charge in [-0.2, -0.15) is 0 Å². The fourth-order valence-corrected chi connectivity index (χ4v) is 3.46. The number of benzene rings is 1. The molecule has 0 aromatic heterocycles. The average molecular weight is 312 g/mol. The minimum Gasteiger partial charge on any atom is -0.493 e. The van der Waals surface area contributed by atoms with Gasteiger partial charge in [-0.05, 0) is 17.7 Å². The molecule has 0 amide bonds. The van der Waals surface area contributed by atoms with Gasteiger partial charge in [0.05, 0.1) is 45.7 Å². The fraction of sp³-hybridized carbons (Fsp3) is 0.533. The molecule has 0 bridgehead atoms. The van der Waals surface area contributed by atoms with Crippen LogP contribution in [0.4, 0.5) is 0 Å². The second kappa shape index (κ2) is 7.04. The molecule has 6 heteroatoms. The maximum Gasteiger partial charge on any atom is 0.306 e. The van der Waals surface area contributed by atoms with E-state index in [-0.39, 0.29) is 10.7 Å². The molecule has 1 aromatic carbocycles. The molecule has 0 atom stereocenters. The van der Waals surface area contributed by atoms with Crippen LogP contribution in [0.25, 0.3) is 0 Å². The lowest BCUT2D eigenvalue weighted by Crippen LogP contribution is -2.44. The lowest BCUT2D eigenvalue weighted by Gasteiger charge is -2.41. The highest BCUT2D eigenvalue weighted by Crippen LogP contribution is 2.45. The predicted molar refractivity (Wildman–Crippen MR) is 81.1 cm³/mol. The fourth-order valence-electron chi connectivity index (χ4n) is 2.17. The number of carbonyl (C=O) groups is 1. The van der Waals surface area contributed by atoms with Gasteiger partial charge in [-0.3, -0.25) is 4.79 Å². The smallest absolute Gasteiger partial charge is 0.306 e. The first-order valence-electron chi connectivity index (χ1n) is 6.66. The van der Waals surface area contributed by atoms with Crippen LogP contribution in [0.15, 0.2) is 18.2 Å². The molecule has 21 heavy (non-hydrogen) atoms. The predicted octanol–water partition coefficient (Wildman–Crippen LogP) is 2.23. The van der Waals surface area contributed by atoms with Crippen LogP contribution in [0.5, 0.6) is 11.5 Å². The lowest BCUT2D eigenvalue weighted by molar-refractivity contribution is -0.140. The first-order chi connectivity index (χ1) is 10.1. The van der Waals surface area contributed by atoms with E-state index in [0.717, 1.165) is 5.56 Å².